The lowest BCUT2D eigenvalue weighted by molar-refractivity contribution is -0.0504. The topological polar surface area (TPSA) is 272 Å². The second-order valence-corrected chi connectivity index (χ2v) is 14.2. The molecule has 0 radical (unpaired) electrons. The average molecular weight is 676 g/mol. The summed E-state index contributed by atoms with van der Waals surface area (Å²) in [5.74, 6) is -0.144. The first kappa shape index (κ1) is 29.5. The number of imidazole rings is 2. The zero-order valence-electron chi connectivity index (χ0n) is 22.0. The number of fused-ring (bicyclic) bond motifs is 5. The molecule has 7 N–H and O–H groups in total. The third-order valence-electron chi connectivity index (χ3n) is 7.22. The van der Waals surface area contributed by atoms with Crippen molar-refractivity contribution in [1.82, 2.24) is 43.8 Å². The van der Waals surface area contributed by atoms with Crippen molar-refractivity contribution in [2.45, 2.75) is 49.4 Å². The smallest absolute Gasteiger partial charge is 0.336 e. The maximum atomic E-state index is 15.9. The van der Waals surface area contributed by atoms with Crippen LogP contribution in [0.5, 0.6) is 0 Å². The van der Waals surface area contributed by atoms with Gasteiger partial charge in [0, 0.05) is 6.42 Å². The molecule has 0 saturated carbocycles. The SMILES string of the molecule is Nc1nc2c(ncn2[C@@H]2O[C@@H]3COS(=O)(=O)N[C@H]4[C@@H](F)[C@H](n5cnc6c(N)ncnc65)O[C@@H]4COP(O)(=S)O[C@@H]2C3)c(=O)[nH]1. The Morgan fingerprint density at radius 3 is 2.59 bits per heavy atom. The maximum absolute atomic E-state index is 15.9. The zero-order chi connectivity index (χ0) is 31.0. The minimum absolute atomic E-state index is 0.0310. The Hall–Kier alpha value is -3.25. The number of aromatic amines is 1. The molecule has 3 aliphatic heterocycles. The Balaban J connectivity index is 1.19. The number of hydrogen-bond donors (Lipinski definition) is 5. The molecule has 0 amide bonds. The van der Waals surface area contributed by atoms with E-state index in [0.29, 0.717) is 0 Å². The van der Waals surface area contributed by atoms with Crippen LogP contribution in [0.4, 0.5) is 16.2 Å². The molecule has 4 aromatic rings. The molecule has 1 unspecified atom stereocenters. The van der Waals surface area contributed by atoms with Gasteiger partial charge in [-0.1, -0.05) is 0 Å². The summed E-state index contributed by atoms with van der Waals surface area (Å²) in [5.41, 5.74) is 11.2. The van der Waals surface area contributed by atoms with Gasteiger partial charge in [0.1, 0.15) is 24.1 Å². The average Bonchev–Trinajstić information content (AvgIpc) is 3.72. The molecule has 0 aliphatic carbocycles. The van der Waals surface area contributed by atoms with E-state index >= 15 is 4.39 Å². The van der Waals surface area contributed by atoms with Crippen molar-refractivity contribution >= 4 is 62.9 Å². The quantitative estimate of drug-likeness (QED) is 0.151. The number of aromatic nitrogens is 8. The number of nitrogens with one attached hydrogen (secondary N) is 2. The first-order chi connectivity index (χ1) is 20.9. The van der Waals surface area contributed by atoms with Crippen molar-refractivity contribution < 1.29 is 40.4 Å². The summed E-state index contributed by atoms with van der Waals surface area (Å²) in [6.45, 7) is -5.24. The number of H-pyrrole nitrogens is 1. The van der Waals surface area contributed by atoms with Crippen LogP contribution in [-0.4, -0.2) is 96.1 Å². The van der Waals surface area contributed by atoms with Crippen molar-refractivity contribution in [2.24, 2.45) is 0 Å². The van der Waals surface area contributed by atoms with Gasteiger partial charge in [-0.25, -0.2) is 24.3 Å². The standard InChI is InChI=1S/C20H23FN11O9PS2/c21-10-11-9(40-19(10)31-5-26-12-14(22)24-4-25-15(12)31)3-37-42(34,43)41-8-1-7(2-38-44(35,36)30-11)39-18(8)32-6-27-13-16(32)28-20(23)29-17(13)33/h4-11,18-19,30H,1-3H2,(H,34,43)(H2,22,24,25)(H3,23,28,29,33)/t7-,8+,9+,10+,11+,18+,19+,42?/m0/s1. The number of alkyl halides is 1. The molecule has 3 fully saturated rings. The number of nitrogens with two attached hydrogens (primary N) is 2. The van der Waals surface area contributed by atoms with Crippen LogP contribution in [0.25, 0.3) is 22.3 Å². The van der Waals surface area contributed by atoms with Crippen molar-refractivity contribution in [3.63, 3.8) is 0 Å². The molecular weight excluding hydrogens is 652 g/mol. The molecule has 0 aromatic carbocycles. The summed E-state index contributed by atoms with van der Waals surface area (Å²) in [6, 6.07) is -1.56. The molecule has 0 spiro atoms. The van der Waals surface area contributed by atoms with Gasteiger partial charge in [0.05, 0.1) is 38.0 Å². The Morgan fingerprint density at radius 2 is 1.80 bits per heavy atom. The largest absolute Gasteiger partial charge is 0.382 e. The van der Waals surface area contributed by atoms with E-state index in [1.807, 2.05) is 0 Å². The van der Waals surface area contributed by atoms with E-state index in [1.165, 1.54) is 21.8 Å². The van der Waals surface area contributed by atoms with Gasteiger partial charge in [-0.3, -0.25) is 23.1 Å². The van der Waals surface area contributed by atoms with E-state index in [2.05, 4.69) is 34.6 Å². The highest BCUT2D eigenvalue weighted by molar-refractivity contribution is 8.07. The monoisotopic (exact) mass is 675 g/mol. The van der Waals surface area contributed by atoms with Crippen LogP contribution >= 0.6 is 6.72 Å². The van der Waals surface area contributed by atoms with E-state index < -0.39 is 78.8 Å². The van der Waals surface area contributed by atoms with Crippen LogP contribution in [0.2, 0.25) is 0 Å². The molecule has 3 aliphatic rings. The second-order valence-electron chi connectivity index (χ2n) is 10.0. The van der Waals surface area contributed by atoms with E-state index in [0.717, 1.165) is 6.33 Å². The molecule has 44 heavy (non-hydrogen) atoms. The van der Waals surface area contributed by atoms with E-state index in [4.69, 9.17) is 46.0 Å². The van der Waals surface area contributed by atoms with Crippen LogP contribution in [0, 0.1) is 0 Å². The third kappa shape index (κ3) is 5.23. The lowest BCUT2D eigenvalue weighted by Gasteiger charge is -2.26. The number of hydrogen-bond acceptors (Lipinski definition) is 16. The number of nitrogen functional groups attached to an aromatic ring is 2. The zero-order valence-corrected chi connectivity index (χ0v) is 24.6. The van der Waals surface area contributed by atoms with Crippen LogP contribution in [-0.2, 0) is 44.8 Å². The van der Waals surface area contributed by atoms with E-state index in [-0.39, 0.29) is 40.5 Å². The Labute approximate surface area is 250 Å². The van der Waals surface area contributed by atoms with Gasteiger partial charge >= 0.3 is 17.0 Å². The molecule has 4 aromatic heterocycles. The van der Waals surface area contributed by atoms with Gasteiger partial charge in [0.2, 0.25) is 5.95 Å². The van der Waals surface area contributed by atoms with Crippen LogP contribution in [0.3, 0.4) is 0 Å². The minimum Gasteiger partial charge on any atom is -0.382 e. The second kappa shape index (κ2) is 10.7. The molecular formula is C20H23FN11O9PS2. The molecule has 7 rings (SSSR count). The molecule has 7 heterocycles. The molecule has 3 saturated heterocycles. The number of nitrogens with zero attached hydrogens (tertiary/aromatic N) is 7. The van der Waals surface area contributed by atoms with Gasteiger partial charge in [0.15, 0.2) is 41.3 Å². The summed E-state index contributed by atoms with van der Waals surface area (Å²) in [5, 5.41) is 0. The van der Waals surface area contributed by atoms with Crippen molar-refractivity contribution in [3.8, 4) is 0 Å². The highest BCUT2D eigenvalue weighted by Gasteiger charge is 2.50. The lowest BCUT2D eigenvalue weighted by atomic mass is 10.1. The van der Waals surface area contributed by atoms with Gasteiger partial charge in [-0.15, -0.1) is 0 Å². The molecule has 2 bridgehead atoms. The maximum Gasteiger partial charge on any atom is 0.336 e. The van der Waals surface area contributed by atoms with Crippen LogP contribution < -0.4 is 21.7 Å². The summed E-state index contributed by atoms with van der Waals surface area (Å²) in [7, 11) is -4.61. The van der Waals surface area contributed by atoms with Crippen molar-refractivity contribution in [1.29, 1.82) is 0 Å². The Morgan fingerprint density at radius 1 is 1.05 bits per heavy atom. The summed E-state index contributed by atoms with van der Waals surface area (Å²) in [4.78, 5) is 45.8. The first-order valence-corrected chi connectivity index (χ1v) is 16.8. The fourth-order valence-electron chi connectivity index (χ4n) is 5.31. The number of ether oxygens (including phenoxy) is 2. The van der Waals surface area contributed by atoms with Crippen LogP contribution in [0.15, 0.2) is 23.8 Å². The molecule has 236 valence electrons. The number of anilines is 2. The van der Waals surface area contributed by atoms with Crippen molar-refractivity contribution in [3.05, 3.63) is 29.3 Å². The Bertz CT molecular complexity index is 1980. The van der Waals surface area contributed by atoms with Gasteiger partial charge in [0.25, 0.3) is 5.56 Å². The third-order valence-corrected chi connectivity index (χ3v) is 9.82. The fraction of sp³-hybridized carbons (Fsp3) is 0.500. The first-order valence-electron chi connectivity index (χ1n) is 12.8. The molecule has 20 nitrogen and oxygen atoms in total. The lowest BCUT2D eigenvalue weighted by Crippen LogP contribution is -2.48. The number of rotatable bonds is 2. The van der Waals surface area contributed by atoms with Crippen LogP contribution in [0.1, 0.15) is 18.9 Å². The van der Waals surface area contributed by atoms with Crippen molar-refractivity contribution in [2.75, 3.05) is 24.7 Å². The van der Waals surface area contributed by atoms with Gasteiger partial charge < -0.3 is 34.9 Å². The van der Waals surface area contributed by atoms with Gasteiger partial charge in [-0.05, 0) is 11.8 Å². The predicted octanol–water partition coefficient (Wildman–Crippen LogP) is -1.50. The summed E-state index contributed by atoms with van der Waals surface area (Å²) >= 11 is 5.25. The normalized spacial score (nSPS) is 34.4. The predicted molar refractivity (Wildman–Crippen MR) is 149 cm³/mol. The Kier molecular flexibility index (Phi) is 7.15. The molecule has 24 heteroatoms. The summed E-state index contributed by atoms with van der Waals surface area (Å²) < 4.78 is 75.0. The minimum atomic E-state index is -4.61. The highest BCUT2D eigenvalue weighted by atomic mass is 32.5. The van der Waals surface area contributed by atoms with E-state index in [1.54, 1.807) is 0 Å². The fourth-order valence-corrected chi connectivity index (χ4v) is 7.76. The van der Waals surface area contributed by atoms with E-state index in [9.17, 15) is 18.1 Å². The summed E-state index contributed by atoms with van der Waals surface area (Å²) in [6.07, 6.45) is -4.31. The number of halogens is 1. The van der Waals surface area contributed by atoms with Gasteiger partial charge in [-0.2, -0.15) is 18.1 Å². The molecule has 8 atom stereocenters. The highest BCUT2D eigenvalue weighted by Crippen LogP contribution is 2.50.